The van der Waals surface area contributed by atoms with Crippen molar-refractivity contribution < 1.29 is 27.2 Å². The Bertz CT molecular complexity index is 802. The Kier molecular flexibility index (Phi) is 5.48. The van der Waals surface area contributed by atoms with Gasteiger partial charge in [-0.1, -0.05) is 18.2 Å². The van der Waals surface area contributed by atoms with Gasteiger partial charge in [0.25, 0.3) is 0 Å². The van der Waals surface area contributed by atoms with Crippen LogP contribution < -0.4 is 10.7 Å². The maximum absolute atomic E-state index is 12.7. The molecule has 0 aromatic heterocycles. The van der Waals surface area contributed by atoms with Crippen LogP contribution >= 0.6 is 0 Å². The number of benzene rings is 2. The van der Waals surface area contributed by atoms with Crippen molar-refractivity contribution in [1.82, 2.24) is 5.43 Å². The lowest BCUT2D eigenvalue weighted by atomic mass is 10.2. The van der Waals surface area contributed by atoms with Gasteiger partial charge in [0.15, 0.2) is 0 Å². The van der Waals surface area contributed by atoms with E-state index in [2.05, 4.69) is 5.10 Å². The summed E-state index contributed by atoms with van der Waals surface area (Å²) in [4.78, 5) is 23.2. The molecular weight excluding hydrogens is 342 g/mol. The number of rotatable bonds is 3. The van der Waals surface area contributed by atoms with Crippen molar-refractivity contribution in [2.75, 3.05) is 5.32 Å². The minimum absolute atomic E-state index is 0.183. The molecular formula is C16H11F4N3O2. The van der Waals surface area contributed by atoms with Gasteiger partial charge in [-0.05, 0) is 35.9 Å². The molecule has 0 atom stereocenters. The zero-order valence-electron chi connectivity index (χ0n) is 12.5. The molecule has 0 unspecified atom stereocenters. The van der Waals surface area contributed by atoms with Crippen LogP contribution in [0.1, 0.15) is 11.1 Å². The molecule has 0 saturated heterocycles. The fourth-order valence-corrected chi connectivity index (χ4v) is 1.73. The maximum atomic E-state index is 12.7. The third-order valence-electron chi connectivity index (χ3n) is 2.90. The summed E-state index contributed by atoms with van der Waals surface area (Å²) in [5.74, 6) is -2.80. The van der Waals surface area contributed by atoms with Gasteiger partial charge in [0.1, 0.15) is 5.82 Å². The Morgan fingerprint density at radius 3 is 2.32 bits per heavy atom. The van der Waals surface area contributed by atoms with Crippen LogP contribution in [0.25, 0.3) is 0 Å². The molecule has 2 rings (SSSR count). The first-order valence-corrected chi connectivity index (χ1v) is 6.83. The molecule has 2 N–H and O–H groups in total. The Hall–Kier alpha value is -3.23. The highest BCUT2D eigenvalue weighted by Crippen LogP contribution is 2.30. The highest BCUT2D eigenvalue weighted by atomic mass is 19.4. The van der Waals surface area contributed by atoms with Crippen molar-refractivity contribution in [3.05, 3.63) is 65.5 Å². The molecule has 2 aromatic rings. The standard InChI is InChI=1S/C16H11F4N3O2/c17-12-6-4-10(5-7-12)9-21-23-15(25)14(24)22-13-3-1-2-11(8-13)16(18,19)20/h1-9H,(H,22,24)(H,23,25)/b21-9-. The molecule has 0 heterocycles. The molecule has 0 radical (unpaired) electrons. The smallest absolute Gasteiger partial charge is 0.318 e. The Balaban J connectivity index is 1.94. The minimum atomic E-state index is -4.57. The molecule has 0 aliphatic carbocycles. The van der Waals surface area contributed by atoms with E-state index in [4.69, 9.17) is 0 Å². The predicted molar refractivity (Wildman–Crippen MR) is 82.2 cm³/mol. The zero-order chi connectivity index (χ0) is 18.4. The van der Waals surface area contributed by atoms with Crippen LogP contribution in [0.3, 0.4) is 0 Å². The van der Waals surface area contributed by atoms with Crippen LogP contribution in [0, 0.1) is 5.82 Å². The number of hydrogen-bond acceptors (Lipinski definition) is 3. The summed E-state index contributed by atoms with van der Waals surface area (Å²) in [6, 6.07) is 9.01. The fraction of sp³-hybridized carbons (Fsp3) is 0.0625. The summed E-state index contributed by atoms with van der Waals surface area (Å²) < 4.78 is 50.5. The van der Waals surface area contributed by atoms with Gasteiger partial charge in [0.2, 0.25) is 0 Å². The molecule has 2 amide bonds. The Morgan fingerprint density at radius 1 is 1.00 bits per heavy atom. The van der Waals surface area contributed by atoms with Crippen LogP contribution in [-0.2, 0) is 15.8 Å². The second-order valence-electron chi connectivity index (χ2n) is 4.78. The normalized spacial score (nSPS) is 11.4. The third-order valence-corrected chi connectivity index (χ3v) is 2.90. The number of anilines is 1. The molecule has 25 heavy (non-hydrogen) atoms. The highest BCUT2D eigenvalue weighted by molar-refractivity contribution is 6.39. The molecule has 0 fully saturated rings. The van der Waals surface area contributed by atoms with E-state index in [0.29, 0.717) is 11.6 Å². The number of hydrogen-bond donors (Lipinski definition) is 2. The van der Waals surface area contributed by atoms with Crippen molar-refractivity contribution in [3.8, 4) is 0 Å². The van der Waals surface area contributed by atoms with E-state index in [1.165, 1.54) is 36.5 Å². The lowest BCUT2D eigenvalue weighted by Gasteiger charge is -2.09. The van der Waals surface area contributed by atoms with Crippen molar-refractivity contribution in [2.45, 2.75) is 6.18 Å². The second-order valence-corrected chi connectivity index (χ2v) is 4.78. The van der Waals surface area contributed by atoms with Crippen LogP contribution in [0.2, 0.25) is 0 Å². The quantitative estimate of drug-likeness (QED) is 0.386. The average molecular weight is 353 g/mol. The van der Waals surface area contributed by atoms with Gasteiger partial charge < -0.3 is 5.32 Å². The van der Waals surface area contributed by atoms with Gasteiger partial charge in [-0.15, -0.1) is 0 Å². The van der Waals surface area contributed by atoms with E-state index in [9.17, 15) is 27.2 Å². The van der Waals surface area contributed by atoms with Crippen LogP contribution in [0.15, 0.2) is 53.6 Å². The Morgan fingerprint density at radius 2 is 1.68 bits per heavy atom. The number of halogens is 4. The Labute approximate surface area is 139 Å². The summed E-state index contributed by atoms with van der Waals surface area (Å²) in [6.07, 6.45) is -3.39. The van der Waals surface area contributed by atoms with Crippen molar-refractivity contribution in [1.29, 1.82) is 0 Å². The van der Waals surface area contributed by atoms with Gasteiger partial charge in [-0.2, -0.15) is 18.3 Å². The molecule has 0 aliphatic rings. The lowest BCUT2D eigenvalue weighted by molar-refractivity contribution is -0.137. The number of hydrazone groups is 1. The molecule has 2 aromatic carbocycles. The highest BCUT2D eigenvalue weighted by Gasteiger charge is 2.30. The van der Waals surface area contributed by atoms with Crippen LogP contribution in [0.5, 0.6) is 0 Å². The van der Waals surface area contributed by atoms with Gasteiger partial charge in [0, 0.05) is 5.69 Å². The first kappa shape index (κ1) is 18.1. The third kappa shape index (κ3) is 5.41. The number of nitrogens with one attached hydrogen (secondary N) is 2. The van der Waals surface area contributed by atoms with Crippen molar-refractivity contribution in [2.24, 2.45) is 5.10 Å². The summed E-state index contributed by atoms with van der Waals surface area (Å²) in [6.45, 7) is 0. The van der Waals surface area contributed by atoms with E-state index >= 15 is 0 Å². The monoisotopic (exact) mass is 353 g/mol. The summed E-state index contributed by atoms with van der Waals surface area (Å²) in [7, 11) is 0. The van der Waals surface area contributed by atoms with E-state index in [-0.39, 0.29) is 5.69 Å². The van der Waals surface area contributed by atoms with Gasteiger partial charge in [-0.25, -0.2) is 9.82 Å². The molecule has 0 bridgehead atoms. The van der Waals surface area contributed by atoms with Crippen molar-refractivity contribution in [3.63, 3.8) is 0 Å². The number of carbonyl (C=O) groups excluding carboxylic acids is 2. The van der Waals surface area contributed by atoms with E-state index in [0.717, 1.165) is 12.1 Å². The molecule has 0 saturated carbocycles. The largest absolute Gasteiger partial charge is 0.416 e. The molecule has 130 valence electrons. The fourth-order valence-electron chi connectivity index (χ4n) is 1.73. The molecule has 0 aliphatic heterocycles. The van der Waals surface area contributed by atoms with Crippen LogP contribution in [0.4, 0.5) is 23.2 Å². The molecule has 9 heteroatoms. The zero-order valence-corrected chi connectivity index (χ0v) is 12.5. The number of nitrogens with zero attached hydrogens (tertiary/aromatic N) is 1. The van der Waals surface area contributed by atoms with Gasteiger partial charge >= 0.3 is 18.0 Å². The number of carbonyl (C=O) groups is 2. The summed E-state index contributed by atoms with van der Waals surface area (Å²) in [5.41, 5.74) is 1.24. The van der Waals surface area contributed by atoms with E-state index in [1.54, 1.807) is 0 Å². The van der Waals surface area contributed by atoms with Gasteiger partial charge in [-0.3, -0.25) is 9.59 Å². The summed E-state index contributed by atoms with van der Waals surface area (Å²) in [5, 5.41) is 5.54. The minimum Gasteiger partial charge on any atom is -0.318 e. The predicted octanol–water partition coefficient (Wildman–Crippen LogP) is 2.93. The second kappa shape index (κ2) is 7.56. The molecule has 5 nitrogen and oxygen atoms in total. The summed E-state index contributed by atoms with van der Waals surface area (Å²) >= 11 is 0. The SMILES string of the molecule is O=C(N/N=C\c1ccc(F)cc1)C(=O)Nc1cccc(C(F)(F)F)c1. The lowest BCUT2D eigenvalue weighted by Crippen LogP contribution is -2.32. The van der Waals surface area contributed by atoms with Crippen molar-refractivity contribution >= 4 is 23.7 Å². The van der Waals surface area contributed by atoms with Gasteiger partial charge in [0.05, 0.1) is 11.8 Å². The first-order valence-electron chi connectivity index (χ1n) is 6.83. The van der Waals surface area contributed by atoms with Crippen LogP contribution in [-0.4, -0.2) is 18.0 Å². The average Bonchev–Trinajstić information content (AvgIpc) is 2.56. The van der Waals surface area contributed by atoms with E-state index < -0.39 is 29.4 Å². The maximum Gasteiger partial charge on any atom is 0.416 e. The van der Waals surface area contributed by atoms with E-state index in [1.807, 2.05) is 10.7 Å². The molecule has 0 spiro atoms. The topological polar surface area (TPSA) is 70.6 Å². The number of alkyl halides is 3. The first-order chi connectivity index (χ1) is 11.8. The number of amides is 2.